The van der Waals surface area contributed by atoms with Crippen molar-refractivity contribution in [2.75, 3.05) is 5.32 Å². The van der Waals surface area contributed by atoms with Crippen molar-refractivity contribution >= 4 is 33.0 Å². The Bertz CT molecular complexity index is 1140. The molecule has 2 N–H and O–H groups in total. The molecule has 2 aromatic carbocycles. The third kappa shape index (κ3) is 4.08. The number of amides is 1. The summed E-state index contributed by atoms with van der Waals surface area (Å²) in [6, 6.07) is 6.84. The summed E-state index contributed by atoms with van der Waals surface area (Å²) in [5.74, 6) is -2.71. The lowest BCUT2D eigenvalue weighted by Crippen LogP contribution is -2.38. The summed E-state index contributed by atoms with van der Waals surface area (Å²) in [4.78, 5) is 12.4. The fraction of sp³-hybridized carbons (Fsp3) is 0.409. The number of aliphatic hydroxyl groups excluding tert-OH is 1. The molecule has 2 bridgehead atoms. The molecule has 2 saturated carbocycles. The molecular formula is C22H22ClF2NO4S. The van der Waals surface area contributed by atoms with Gasteiger partial charge in [-0.1, -0.05) is 18.5 Å². The number of hydrogen-bond donors (Lipinski definition) is 2. The maximum Gasteiger partial charge on any atom is 0.255 e. The zero-order valence-electron chi connectivity index (χ0n) is 16.7. The number of nitrogens with one attached hydrogen (secondary N) is 1. The van der Waals surface area contributed by atoms with Gasteiger partial charge < -0.3 is 10.4 Å². The van der Waals surface area contributed by atoms with Gasteiger partial charge >= 0.3 is 0 Å². The number of halogens is 3. The molecule has 4 rings (SSSR count). The first kappa shape index (κ1) is 22.2. The molecule has 0 aliphatic heterocycles. The van der Waals surface area contributed by atoms with Gasteiger partial charge in [0.25, 0.3) is 5.91 Å². The normalized spacial score (nSPS) is 27.8. The van der Waals surface area contributed by atoms with Gasteiger partial charge in [-0.3, -0.25) is 4.79 Å². The lowest BCUT2D eigenvalue weighted by Gasteiger charge is -2.32. The predicted octanol–water partition coefficient (Wildman–Crippen LogP) is 4.44. The quantitative estimate of drug-likeness (QED) is 0.693. The molecule has 0 spiro atoms. The first-order chi connectivity index (χ1) is 14.6. The van der Waals surface area contributed by atoms with Gasteiger partial charge in [0.15, 0.2) is 21.5 Å². The summed E-state index contributed by atoms with van der Waals surface area (Å²) in [6.45, 7) is 2.03. The molecule has 0 aromatic heterocycles. The average molecular weight is 470 g/mol. The molecule has 1 amide bonds. The number of fused-ring (bicyclic) bond motifs is 2. The van der Waals surface area contributed by atoms with E-state index in [9.17, 15) is 27.1 Å². The highest BCUT2D eigenvalue weighted by Crippen LogP contribution is 2.48. The summed E-state index contributed by atoms with van der Waals surface area (Å²) in [5, 5.41) is 12.1. The Labute approximate surface area is 184 Å². The Hall–Kier alpha value is -2.03. The van der Waals surface area contributed by atoms with Crippen LogP contribution in [0.25, 0.3) is 0 Å². The van der Waals surface area contributed by atoms with Crippen molar-refractivity contribution in [3.05, 3.63) is 58.6 Å². The van der Waals surface area contributed by atoms with E-state index in [4.69, 9.17) is 11.6 Å². The van der Waals surface area contributed by atoms with Crippen molar-refractivity contribution in [3.8, 4) is 0 Å². The molecule has 5 nitrogen and oxygen atoms in total. The number of hydrogen-bond acceptors (Lipinski definition) is 4. The van der Waals surface area contributed by atoms with Gasteiger partial charge in [0.2, 0.25) is 0 Å². The van der Waals surface area contributed by atoms with Gasteiger partial charge in [0, 0.05) is 17.3 Å². The van der Waals surface area contributed by atoms with Crippen LogP contribution in [0.2, 0.25) is 5.02 Å². The number of carbonyl (C=O) groups excluding carboxylic acids is 1. The van der Waals surface area contributed by atoms with Crippen LogP contribution in [0.1, 0.15) is 36.5 Å². The maximum atomic E-state index is 13.4. The van der Waals surface area contributed by atoms with Crippen LogP contribution >= 0.6 is 11.6 Å². The first-order valence-electron chi connectivity index (χ1n) is 10.1. The van der Waals surface area contributed by atoms with Crippen molar-refractivity contribution in [1.29, 1.82) is 0 Å². The topological polar surface area (TPSA) is 83.5 Å². The number of benzene rings is 2. The lowest BCUT2D eigenvalue weighted by atomic mass is 9.84. The minimum Gasteiger partial charge on any atom is -0.393 e. The molecule has 3 unspecified atom stereocenters. The Morgan fingerprint density at radius 1 is 1.10 bits per heavy atom. The average Bonchev–Trinajstić information content (AvgIpc) is 2.87. The zero-order valence-corrected chi connectivity index (χ0v) is 18.3. The molecule has 0 heterocycles. The molecule has 0 saturated heterocycles. The fourth-order valence-corrected chi connectivity index (χ4v) is 7.30. The van der Waals surface area contributed by atoms with Crippen molar-refractivity contribution < 1.29 is 27.1 Å². The second-order valence-corrected chi connectivity index (χ2v) is 11.1. The summed E-state index contributed by atoms with van der Waals surface area (Å²) in [6.07, 6.45) is 1.02. The summed E-state index contributed by atoms with van der Waals surface area (Å²) >= 11 is 6.20. The van der Waals surface area contributed by atoms with Crippen molar-refractivity contribution in [2.45, 2.75) is 42.4 Å². The van der Waals surface area contributed by atoms with Crippen LogP contribution in [0.3, 0.4) is 0 Å². The van der Waals surface area contributed by atoms with E-state index in [0.29, 0.717) is 12.8 Å². The van der Waals surface area contributed by atoms with E-state index in [0.717, 1.165) is 18.6 Å². The molecule has 2 aromatic rings. The van der Waals surface area contributed by atoms with E-state index in [2.05, 4.69) is 5.32 Å². The lowest BCUT2D eigenvalue weighted by molar-refractivity contribution is 0.0552. The van der Waals surface area contributed by atoms with Crippen molar-refractivity contribution in [3.63, 3.8) is 0 Å². The van der Waals surface area contributed by atoms with Crippen molar-refractivity contribution in [1.82, 2.24) is 0 Å². The molecule has 166 valence electrons. The van der Waals surface area contributed by atoms with E-state index in [1.165, 1.54) is 24.3 Å². The molecular weight excluding hydrogens is 448 g/mol. The number of carbonyl (C=O) groups is 1. The van der Waals surface area contributed by atoms with Crippen LogP contribution < -0.4 is 5.32 Å². The third-order valence-electron chi connectivity index (χ3n) is 6.54. The smallest absolute Gasteiger partial charge is 0.255 e. The molecule has 9 heteroatoms. The van der Waals surface area contributed by atoms with Crippen LogP contribution in [0.4, 0.5) is 14.5 Å². The van der Waals surface area contributed by atoms with Crippen LogP contribution in [0.15, 0.2) is 41.3 Å². The number of rotatable bonds is 4. The number of sulfone groups is 1. The minimum atomic E-state index is -3.84. The van der Waals surface area contributed by atoms with Crippen molar-refractivity contribution in [2.24, 2.45) is 17.8 Å². The van der Waals surface area contributed by atoms with E-state index < -0.39 is 38.7 Å². The first-order valence-corrected chi connectivity index (χ1v) is 12.0. The van der Waals surface area contributed by atoms with E-state index in [1.807, 2.05) is 6.92 Å². The second-order valence-electron chi connectivity index (χ2n) is 8.49. The molecule has 2 aliphatic rings. The fourth-order valence-electron chi connectivity index (χ4n) is 4.90. The predicted molar refractivity (Wildman–Crippen MR) is 113 cm³/mol. The summed E-state index contributed by atoms with van der Waals surface area (Å²) in [5.41, 5.74) is 0.0648. The van der Waals surface area contributed by atoms with E-state index in [-0.39, 0.29) is 38.9 Å². The summed E-state index contributed by atoms with van der Waals surface area (Å²) < 4.78 is 53.2. The molecule has 2 aliphatic carbocycles. The summed E-state index contributed by atoms with van der Waals surface area (Å²) in [7, 11) is -3.84. The largest absolute Gasteiger partial charge is 0.393 e. The second kappa shape index (κ2) is 8.15. The highest BCUT2D eigenvalue weighted by molar-refractivity contribution is 7.92. The molecule has 0 radical (unpaired) electrons. The Morgan fingerprint density at radius 2 is 1.84 bits per heavy atom. The Balaban J connectivity index is 1.60. The molecule has 5 atom stereocenters. The van der Waals surface area contributed by atoms with Gasteiger partial charge in [0.1, 0.15) is 0 Å². The Kier molecular flexibility index (Phi) is 5.83. The van der Waals surface area contributed by atoms with Crippen LogP contribution in [0, 0.1) is 29.4 Å². The third-order valence-corrected chi connectivity index (χ3v) is 9.20. The van der Waals surface area contributed by atoms with E-state index in [1.54, 1.807) is 0 Å². The van der Waals surface area contributed by atoms with E-state index >= 15 is 0 Å². The van der Waals surface area contributed by atoms with Gasteiger partial charge in [-0.25, -0.2) is 17.2 Å². The van der Waals surface area contributed by atoms with Crippen LogP contribution in [-0.2, 0) is 9.84 Å². The zero-order chi connectivity index (χ0) is 22.5. The monoisotopic (exact) mass is 469 g/mol. The van der Waals surface area contributed by atoms with Crippen LogP contribution in [-0.4, -0.2) is 30.8 Å². The van der Waals surface area contributed by atoms with Crippen LogP contribution in [0.5, 0.6) is 0 Å². The SMILES string of the molecule is C[C@H]1CC2CC(S(=O)(=O)c3cc(C(=O)Nc4ccc(F)c(F)c4)ccc3Cl)CC1[C@@H]2O. The number of anilines is 1. The van der Waals surface area contributed by atoms with Gasteiger partial charge in [-0.15, -0.1) is 0 Å². The highest BCUT2D eigenvalue weighted by Gasteiger charge is 2.49. The maximum absolute atomic E-state index is 13.4. The van der Waals surface area contributed by atoms with Gasteiger partial charge in [0.05, 0.1) is 21.3 Å². The minimum absolute atomic E-state index is 0.0101. The van der Waals surface area contributed by atoms with Gasteiger partial charge in [-0.2, -0.15) is 0 Å². The number of aliphatic hydroxyl groups is 1. The highest BCUT2D eigenvalue weighted by atomic mass is 35.5. The standard InChI is InChI=1S/C22H22ClF2NO4S/c1-11-6-13-7-15(10-16(11)21(13)27)31(29,30)20-8-12(2-4-17(20)23)22(28)26-14-3-5-18(24)19(25)9-14/h2-5,8-9,11,13,15-16,21,27H,6-7,10H2,1H3,(H,26,28)/t11-,13?,15?,16?,21+/m0/s1. The molecule has 31 heavy (non-hydrogen) atoms. The Morgan fingerprint density at radius 3 is 2.52 bits per heavy atom. The van der Waals surface area contributed by atoms with Gasteiger partial charge in [-0.05, 0) is 67.3 Å². The molecule has 2 fully saturated rings.